The first-order valence-corrected chi connectivity index (χ1v) is 6.65. The number of aromatic nitrogens is 1. The van der Waals surface area contributed by atoms with E-state index in [9.17, 15) is 9.59 Å². The van der Waals surface area contributed by atoms with Gasteiger partial charge in [-0.25, -0.2) is 0 Å². The molecule has 0 fully saturated rings. The van der Waals surface area contributed by atoms with E-state index < -0.39 is 11.8 Å². The molecule has 6 nitrogen and oxygen atoms in total. The van der Waals surface area contributed by atoms with Crippen LogP contribution in [0, 0.1) is 0 Å². The van der Waals surface area contributed by atoms with Gasteiger partial charge >= 0.3 is 11.8 Å². The number of hydrogen-bond acceptors (Lipinski definition) is 4. The summed E-state index contributed by atoms with van der Waals surface area (Å²) >= 11 is 0. The second-order valence-electron chi connectivity index (χ2n) is 4.89. The summed E-state index contributed by atoms with van der Waals surface area (Å²) in [6.07, 6.45) is 1.68. The molecule has 2 amide bonds. The van der Waals surface area contributed by atoms with Crippen LogP contribution in [0.25, 0.3) is 10.9 Å². The molecule has 2 rings (SSSR count). The van der Waals surface area contributed by atoms with Gasteiger partial charge in [0.05, 0.1) is 11.2 Å². The van der Waals surface area contributed by atoms with Crippen molar-refractivity contribution in [3.63, 3.8) is 0 Å². The molecule has 2 N–H and O–H groups in total. The molecule has 0 saturated heterocycles. The van der Waals surface area contributed by atoms with E-state index in [1.54, 1.807) is 24.4 Å². The number of likely N-dealkylation sites (N-methyl/N-ethyl adjacent to an activating group) is 1. The third kappa shape index (κ3) is 4.00. The van der Waals surface area contributed by atoms with Crippen LogP contribution in [-0.4, -0.2) is 48.9 Å². The molecule has 2 aromatic rings. The van der Waals surface area contributed by atoms with Crippen LogP contribution in [-0.2, 0) is 9.59 Å². The van der Waals surface area contributed by atoms with E-state index in [4.69, 9.17) is 0 Å². The predicted octanol–water partition coefficient (Wildman–Crippen LogP) is 0.851. The number of carbonyl (C=O) groups excluding carboxylic acids is 2. The molecule has 0 spiro atoms. The van der Waals surface area contributed by atoms with Gasteiger partial charge in [0.2, 0.25) is 0 Å². The van der Waals surface area contributed by atoms with E-state index in [0.717, 1.165) is 10.9 Å². The van der Waals surface area contributed by atoms with Crippen LogP contribution in [0.4, 0.5) is 5.69 Å². The molecule has 1 aromatic carbocycles. The SMILES string of the molecule is CN(C)CCNC(=O)C(=O)Nc1cccc2ncccc12. The topological polar surface area (TPSA) is 74.3 Å². The Bertz CT molecular complexity index is 650. The van der Waals surface area contributed by atoms with Gasteiger partial charge in [0, 0.05) is 24.7 Å². The van der Waals surface area contributed by atoms with Crippen LogP contribution in [0.3, 0.4) is 0 Å². The van der Waals surface area contributed by atoms with Crippen molar-refractivity contribution in [2.75, 3.05) is 32.5 Å². The third-order valence-electron chi connectivity index (χ3n) is 2.94. The monoisotopic (exact) mass is 286 g/mol. The maximum atomic E-state index is 11.9. The first-order chi connectivity index (χ1) is 10.1. The molecule has 1 heterocycles. The minimum absolute atomic E-state index is 0.427. The summed E-state index contributed by atoms with van der Waals surface area (Å²) in [5.74, 6) is -1.32. The molecule has 0 aliphatic carbocycles. The van der Waals surface area contributed by atoms with Crippen molar-refractivity contribution in [2.45, 2.75) is 0 Å². The number of rotatable bonds is 4. The number of benzene rings is 1. The van der Waals surface area contributed by atoms with Gasteiger partial charge in [0.1, 0.15) is 0 Å². The fraction of sp³-hybridized carbons (Fsp3) is 0.267. The largest absolute Gasteiger partial charge is 0.347 e. The Kier molecular flexibility index (Phi) is 4.84. The number of nitrogens with one attached hydrogen (secondary N) is 2. The summed E-state index contributed by atoms with van der Waals surface area (Å²) in [7, 11) is 3.80. The van der Waals surface area contributed by atoms with Gasteiger partial charge < -0.3 is 15.5 Å². The predicted molar refractivity (Wildman–Crippen MR) is 81.9 cm³/mol. The second-order valence-corrected chi connectivity index (χ2v) is 4.89. The normalized spacial score (nSPS) is 10.6. The minimum atomic E-state index is -0.676. The fourth-order valence-electron chi connectivity index (χ4n) is 1.86. The van der Waals surface area contributed by atoms with E-state index in [-0.39, 0.29) is 0 Å². The van der Waals surface area contributed by atoms with Crippen molar-refractivity contribution in [1.29, 1.82) is 0 Å². The van der Waals surface area contributed by atoms with Crippen LogP contribution < -0.4 is 10.6 Å². The highest BCUT2D eigenvalue weighted by molar-refractivity contribution is 6.40. The zero-order valence-electron chi connectivity index (χ0n) is 12.1. The lowest BCUT2D eigenvalue weighted by atomic mass is 10.2. The number of amides is 2. The smallest absolute Gasteiger partial charge is 0.313 e. The van der Waals surface area contributed by atoms with Crippen LogP contribution in [0.15, 0.2) is 36.5 Å². The van der Waals surface area contributed by atoms with E-state index in [0.29, 0.717) is 18.8 Å². The standard InChI is InChI=1S/C15H18N4O2/c1-19(2)10-9-17-14(20)15(21)18-13-7-3-6-12-11(13)5-4-8-16-12/h3-8H,9-10H2,1-2H3,(H,17,20)(H,18,21). The highest BCUT2D eigenvalue weighted by Gasteiger charge is 2.14. The van der Waals surface area contributed by atoms with E-state index in [1.807, 2.05) is 31.1 Å². The molecule has 0 unspecified atom stereocenters. The summed E-state index contributed by atoms with van der Waals surface area (Å²) in [6, 6.07) is 9.02. The first kappa shape index (κ1) is 14.9. The van der Waals surface area contributed by atoms with Crippen molar-refractivity contribution >= 4 is 28.4 Å². The van der Waals surface area contributed by atoms with E-state index in [1.165, 1.54) is 0 Å². The van der Waals surface area contributed by atoms with Gasteiger partial charge in [0.25, 0.3) is 0 Å². The Hall–Kier alpha value is -2.47. The summed E-state index contributed by atoms with van der Waals surface area (Å²) in [4.78, 5) is 29.7. The summed E-state index contributed by atoms with van der Waals surface area (Å²) < 4.78 is 0. The lowest BCUT2D eigenvalue weighted by molar-refractivity contribution is -0.136. The molecule has 110 valence electrons. The van der Waals surface area contributed by atoms with Crippen LogP contribution in [0.5, 0.6) is 0 Å². The van der Waals surface area contributed by atoms with Crippen molar-refractivity contribution in [2.24, 2.45) is 0 Å². The van der Waals surface area contributed by atoms with Crippen LogP contribution in [0.2, 0.25) is 0 Å². The van der Waals surface area contributed by atoms with Gasteiger partial charge in [-0.2, -0.15) is 0 Å². The number of pyridine rings is 1. The summed E-state index contributed by atoms with van der Waals surface area (Å²) in [5, 5.41) is 5.99. The average molecular weight is 286 g/mol. The van der Waals surface area contributed by atoms with Gasteiger partial charge in [-0.1, -0.05) is 6.07 Å². The Balaban J connectivity index is 2.03. The Morgan fingerprint density at radius 1 is 1.14 bits per heavy atom. The Labute approximate surface area is 123 Å². The Morgan fingerprint density at radius 3 is 2.71 bits per heavy atom. The maximum Gasteiger partial charge on any atom is 0.313 e. The fourth-order valence-corrected chi connectivity index (χ4v) is 1.86. The highest BCUT2D eigenvalue weighted by atomic mass is 16.2. The average Bonchev–Trinajstić information content (AvgIpc) is 2.47. The minimum Gasteiger partial charge on any atom is -0.347 e. The molecule has 0 radical (unpaired) electrons. The van der Waals surface area contributed by atoms with Gasteiger partial charge in [0.15, 0.2) is 0 Å². The van der Waals surface area contributed by atoms with Crippen LogP contribution in [0.1, 0.15) is 0 Å². The molecule has 6 heteroatoms. The molecule has 0 atom stereocenters. The number of hydrogen-bond donors (Lipinski definition) is 2. The third-order valence-corrected chi connectivity index (χ3v) is 2.94. The van der Waals surface area contributed by atoms with E-state index >= 15 is 0 Å². The maximum absolute atomic E-state index is 11.9. The molecular formula is C15H18N4O2. The van der Waals surface area contributed by atoms with Crippen molar-refractivity contribution in [3.8, 4) is 0 Å². The molecule has 0 aliphatic heterocycles. The lowest BCUT2D eigenvalue weighted by Crippen LogP contribution is -2.38. The zero-order valence-corrected chi connectivity index (χ0v) is 12.1. The molecule has 0 saturated carbocycles. The van der Waals surface area contributed by atoms with Gasteiger partial charge in [-0.15, -0.1) is 0 Å². The summed E-state index contributed by atoms with van der Waals surface area (Å²) in [6.45, 7) is 1.10. The van der Waals surface area contributed by atoms with E-state index in [2.05, 4.69) is 15.6 Å². The van der Waals surface area contributed by atoms with Gasteiger partial charge in [-0.3, -0.25) is 14.6 Å². The van der Waals surface area contributed by atoms with Crippen molar-refractivity contribution < 1.29 is 9.59 Å². The Morgan fingerprint density at radius 2 is 1.95 bits per heavy atom. The van der Waals surface area contributed by atoms with Crippen molar-refractivity contribution in [3.05, 3.63) is 36.5 Å². The quantitative estimate of drug-likeness (QED) is 0.817. The van der Waals surface area contributed by atoms with Crippen LogP contribution >= 0.6 is 0 Å². The highest BCUT2D eigenvalue weighted by Crippen LogP contribution is 2.20. The molecule has 1 aromatic heterocycles. The van der Waals surface area contributed by atoms with Crippen molar-refractivity contribution in [1.82, 2.24) is 15.2 Å². The number of fused-ring (bicyclic) bond motifs is 1. The zero-order chi connectivity index (χ0) is 15.2. The number of carbonyl (C=O) groups is 2. The molecule has 0 aliphatic rings. The molecule has 21 heavy (non-hydrogen) atoms. The number of anilines is 1. The lowest BCUT2D eigenvalue weighted by Gasteiger charge is -2.11. The number of nitrogens with zero attached hydrogens (tertiary/aromatic N) is 2. The molecule has 0 bridgehead atoms. The summed E-state index contributed by atoms with van der Waals surface area (Å²) in [5.41, 5.74) is 1.34. The van der Waals surface area contributed by atoms with Gasteiger partial charge in [-0.05, 0) is 38.4 Å². The first-order valence-electron chi connectivity index (χ1n) is 6.65. The molecular weight excluding hydrogens is 268 g/mol. The second kappa shape index (κ2) is 6.81.